The van der Waals surface area contributed by atoms with Crippen molar-refractivity contribution in [2.24, 2.45) is 0 Å². The zero-order chi connectivity index (χ0) is 25.5. The minimum absolute atomic E-state index is 0.318. The number of carbonyl (C=O) groups excluding carboxylic acids is 1. The molecule has 37 heavy (non-hydrogen) atoms. The van der Waals surface area contributed by atoms with Crippen LogP contribution in [0.1, 0.15) is 36.5 Å². The van der Waals surface area contributed by atoms with E-state index in [1.807, 2.05) is 42.6 Å². The number of carbonyl (C=O) groups is 1. The van der Waals surface area contributed by atoms with E-state index in [9.17, 15) is 4.79 Å². The quantitative estimate of drug-likeness (QED) is 0.199. The van der Waals surface area contributed by atoms with Crippen LogP contribution in [0.3, 0.4) is 0 Å². The van der Waals surface area contributed by atoms with Gasteiger partial charge in [-0.3, -0.25) is 4.90 Å². The number of morpholine rings is 1. The lowest BCUT2D eigenvalue weighted by Crippen LogP contribution is -2.36. The molecule has 0 spiro atoms. The van der Waals surface area contributed by atoms with Crippen molar-refractivity contribution < 1.29 is 19.0 Å². The maximum absolute atomic E-state index is 11.9. The normalized spacial score (nSPS) is 14.2. The summed E-state index contributed by atoms with van der Waals surface area (Å²) in [6.45, 7) is 7.88. The average molecular weight is 521 g/mol. The molecule has 0 aliphatic carbocycles. The van der Waals surface area contributed by atoms with Crippen molar-refractivity contribution in [3.8, 4) is 27.6 Å². The smallest absolute Gasteiger partial charge is 0.338 e. The van der Waals surface area contributed by atoms with E-state index in [0.29, 0.717) is 12.2 Å². The van der Waals surface area contributed by atoms with Crippen molar-refractivity contribution in [3.05, 3.63) is 60.3 Å². The van der Waals surface area contributed by atoms with Gasteiger partial charge in [0.1, 0.15) is 10.8 Å². The van der Waals surface area contributed by atoms with Gasteiger partial charge >= 0.3 is 5.97 Å². The second-order valence-corrected chi connectivity index (χ2v) is 9.90. The largest absolute Gasteiger partial charge is 0.494 e. The summed E-state index contributed by atoms with van der Waals surface area (Å²) in [6, 6.07) is 15.4. The molecule has 8 nitrogen and oxygen atoms in total. The molecular weight excluding hydrogens is 488 g/mol. The van der Waals surface area contributed by atoms with Crippen molar-refractivity contribution in [3.63, 3.8) is 0 Å². The molecule has 5 rings (SSSR count). The molecule has 4 aromatic rings. The molecule has 0 amide bonds. The first-order valence-electron chi connectivity index (χ1n) is 12.9. The number of imidazole rings is 1. The summed E-state index contributed by atoms with van der Waals surface area (Å²) < 4.78 is 18.2. The minimum atomic E-state index is -0.318. The van der Waals surface area contributed by atoms with E-state index in [-0.39, 0.29) is 5.97 Å². The van der Waals surface area contributed by atoms with Crippen molar-refractivity contribution in [1.82, 2.24) is 19.5 Å². The van der Waals surface area contributed by atoms with Crippen molar-refractivity contribution in [1.29, 1.82) is 0 Å². The molecule has 1 aliphatic rings. The van der Waals surface area contributed by atoms with Crippen molar-refractivity contribution in [2.75, 3.05) is 46.1 Å². The number of esters is 1. The Balaban J connectivity index is 1.11. The maximum Gasteiger partial charge on any atom is 0.338 e. The van der Waals surface area contributed by atoms with E-state index in [2.05, 4.69) is 4.90 Å². The third-order valence-electron chi connectivity index (χ3n) is 6.33. The predicted molar refractivity (Wildman–Crippen MR) is 144 cm³/mol. The van der Waals surface area contributed by atoms with E-state index in [0.717, 1.165) is 78.4 Å². The van der Waals surface area contributed by atoms with Crippen LogP contribution >= 0.6 is 11.3 Å². The summed E-state index contributed by atoms with van der Waals surface area (Å²) in [5.41, 5.74) is 3.31. The molecule has 2 aromatic heterocycles. The van der Waals surface area contributed by atoms with Crippen LogP contribution in [0.25, 0.3) is 26.8 Å². The van der Waals surface area contributed by atoms with Crippen LogP contribution in [0.2, 0.25) is 0 Å². The number of hydrogen-bond acceptors (Lipinski definition) is 8. The van der Waals surface area contributed by atoms with E-state index in [1.165, 1.54) is 24.2 Å². The molecule has 3 heterocycles. The van der Waals surface area contributed by atoms with Crippen LogP contribution in [0.5, 0.6) is 5.75 Å². The van der Waals surface area contributed by atoms with Crippen LogP contribution in [0.4, 0.5) is 0 Å². The molecule has 0 bridgehead atoms. The highest BCUT2D eigenvalue weighted by atomic mass is 32.1. The highest BCUT2D eigenvalue weighted by Gasteiger charge is 2.13. The van der Waals surface area contributed by atoms with Gasteiger partial charge in [-0.15, -0.1) is 0 Å². The Morgan fingerprint density at radius 3 is 2.49 bits per heavy atom. The summed E-state index contributed by atoms with van der Waals surface area (Å²) in [4.78, 5) is 19.9. The molecule has 1 fully saturated rings. The lowest BCUT2D eigenvalue weighted by Gasteiger charge is -2.26. The third kappa shape index (κ3) is 6.54. The zero-order valence-corrected chi connectivity index (χ0v) is 21.9. The SMILES string of the molecule is CCOC(=O)c1ccc(-c2cn3nc(-c4ccc(OCCCCCN5CCOCC5)cc4)sc3n2)cc1. The summed E-state index contributed by atoms with van der Waals surface area (Å²) >= 11 is 1.54. The Morgan fingerprint density at radius 2 is 1.76 bits per heavy atom. The first kappa shape index (κ1) is 25.4. The number of hydrogen-bond donors (Lipinski definition) is 0. The van der Waals surface area contributed by atoms with Crippen molar-refractivity contribution in [2.45, 2.75) is 26.2 Å². The molecule has 0 saturated carbocycles. The third-order valence-corrected chi connectivity index (χ3v) is 7.30. The molecule has 9 heteroatoms. The monoisotopic (exact) mass is 520 g/mol. The Bertz CT molecular complexity index is 1260. The van der Waals surface area contributed by atoms with Gasteiger partial charge in [-0.1, -0.05) is 23.5 Å². The lowest BCUT2D eigenvalue weighted by molar-refractivity contribution is 0.0370. The van der Waals surface area contributed by atoms with Gasteiger partial charge in [-0.25, -0.2) is 14.3 Å². The summed E-state index contributed by atoms with van der Waals surface area (Å²) in [5, 5.41) is 5.61. The van der Waals surface area contributed by atoms with Gasteiger partial charge in [0.05, 0.1) is 43.9 Å². The molecule has 0 unspecified atom stereocenters. The fourth-order valence-corrected chi connectivity index (χ4v) is 5.16. The zero-order valence-electron chi connectivity index (χ0n) is 21.1. The predicted octanol–water partition coefficient (Wildman–Crippen LogP) is 5.18. The molecule has 194 valence electrons. The average Bonchev–Trinajstić information content (AvgIpc) is 3.52. The van der Waals surface area contributed by atoms with E-state index in [1.54, 1.807) is 23.6 Å². The van der Waals surface area contributed by atoms with E-state index < -0.39 is 0 Å². The van der Waals surface area contributed by atoms with Crippen LogP contribution < -0.4 is 4.74 Å². The fourth-order valence-electron chi connectivity index (χ4n) is 4.27. The van der Waals surface area contributed by atoms with Gasteiger partial charge in [0, 0.05) is 24.2 Å². The van der Waals surface area contributed by atoms with Gasteiger partial charge < -0.3 is 14.2 Å². The molecule has 1 aliphatic heterocycles. The van der Waals surface area contributed by atoms with Crippen LogP contribution in [0.15, 0.2) is 54.7 Å². The number of benzene rings is 2. The summed E-state index contributed by atoms with van der Waals surface area (Å²) in [7, 11) is 0. The minimum Gasteiger partial charge on any atom is -0.494 e. The first-order valence-corrected chi connectivity index (χ1v) is 13.7. The second kappa shape index (κ2) is 12.3. The van der Waals surface area contributed by atoms with Gasteiger partial charge in [0.2, 0.25) is 4.96 Å². The lowest BCUT2D eigenvalue weighted by atomic mass is 10.1. The number of aromatic nitrogens is 3. The number of nitrogens with zero attached hydrogens (tertiary/aromatic N) is 4. The van der Waals surface area contributed by atoms with Crippen LogP contribution in [0, 0.1) is 0 Å². The molecule has 0 radical (unpaired) electrons. The topological polar surface area (TPSA) is 78.2 Å². The molecule has 2 aromatic carbocycles. The summed E-state index contributed by atoms with van der Waals surface area (Å²) in [6.07, 6.45) is 5.34. The highest BCUT2D eigenvalue weighted by Crippen LogP contribution is 2.29. The molecule has 0 N–H and O–H groups in total. The fraction of sp³-hybridized carbons (Fsp3) is 0.393. The van der Waals surface area contributed by atoms with Gasteiger partial charge in [0.15, 0.2) is 0 Å². The van der Waals surface area contributed by atoms with Gasteiger partial charge in [-0.05, 0) is 69.1 Å². The Morgan fingerprint density at radius 1 is 1.00 bits per heavy atom. The molecular formula is C28H32N4O4S. The van der Waals surface area contributed by atoms with Crippen molar-refractivity contribution >= 4 is 22.3 Å². The van der Waals surface area contributed by atoms with E-state index >= 15 is 0 Å². The number of fused-ring (bicyclic) bond motifs is 1. The van der Waals surface area contributed by atoms with Gasteiger partial charge in [0.25, 0.3) is 0 Å². The molecule has 1 saturated heterocycles. The highest BCUT2D eigenvalue weighted by molar-refractivity contribution is 7.19. The number of unbranched alkanes of at least 4 members (excludes halogenated alkanes) is 2. The van der Waals surface area contributed by atoms with E-state index in [4.69, 9.17) is 24.3 Å². The maximum atomic E-state index is 11.9. The summed E-state index contributed by atoms with van der Waals surface area (Å²) in [5.74, 6) is 0.564. The molecule has 0 atom stereocenters. The Kier molecular flexibility index (Phi) is 8.45. The second-order valence-electron chi connectivity index (χ2n) is 8.95. The number of ether oxygens (including phenoxy) is 3. The number of rotatable bonds is 11. The Labute approximate surface area is 220 Å². The van der Waals surface area contributed by atoms with Crippen LogP contribution in [-0.2, 0) is 9.47 Å². The van der Waals surface area contributed by atoms with Crippen LogP contribution in [-0.4, -0.2) is 71.5 Å². The Hall–Kier alpha value is -3.27. The standard InChI is InChI=1S/C28H32N4O4S/c1-2-35-27(33)23-8-6-21(7-9-23)25-20-32-28(29-25)37-26(30-32)22-10-12-24(13-11-22)36-17-5-3-4-14-31-15-18-34-19-16-31/h6-13,20H,2-5,14-19H2,1H3. The first-order chi connectivity index (χ1) is 18.2. The van der Waals surface area contributed by atoms with Gasteiger partial charge in [-0.2, -0.15) is 5.10 Å².